The molecule has 0 aliphatic carbocycles. The maximum atomic E-state index is 13.6. The first kappa shape index (κ1) is 29.5. The highest BCUT2D eigenvalue weighted by Crippen LogP contribution is 2.23. The zero-order valence-corrected chi connectivity index (χ0v) is 23.5. The van der Waals surface area contributed by atoms with Gasteiger partial charge in [-0.15, -0.1) is 0 Å². The Bertz CT molecular complexity index is 1280. The number of rotatable bonds is 9. The number of amides is 2. The van der Waals surface area contributed by atoms with Gasteiger partial charge in [0.05, 0.1) is 5.52 Å². The Morgan fingerprint density at radius 3 is 2.54 bits per heavy atom. The van der Waals surface area contributed by atoms with Crippen molar-refractivity contribution in [3.63, 3.8) is 0 Å². The van der Waals surface area contributed by atoms with Gasteiger partial charge in [-0.1, -0.05) is 55.3 Å². The maximum Gasteiger partial charge on any atom is 0.275 e. The van der Waals surface area contributed by atoms with E-state index in [1.54, 1.807) is 15.6 Å². The number of hydrogen-bond donors (Lipinski definition) is 1. The van der Waals surface area contributed by atoms with E-state index in [9.17, 15) is 9.59 Å². The second-order valence-corrected chi connectivity index (χ2v) is 8.84. The third kappa shape index (κ3) is 7.62. The van der Waals surface area contributed by atoms with Crippen molar-refractivity contribution in [1.82, 2.24) is 25.0 Å². The van der Waals surface area contributed by atoms with Gasteiger partial charge in [-0.25, -0.2) is 4.98 Å². The van der Waals surface area contributed by atoms with Crippen LogP contribution in [0.5, 0.6) is 0 Å². The van der Waals surface area contributed by atoms with E-state index < -0.39 is 0 Å². The van der Waals surface area contributed by atoms with Crippen molar-refractivity contribution in [1.29, 1.82) is 0 Å². The number of aromatic nitrogens is 3. The Balaban J connectivity index is 0.00000235. The molecule has 0 bridgehead atoms. The van der Waals surface area contributed by atoms with Gasteiger partial charge in [-0.2, -0.15) is 5.10 Å². The van der Waals surface area contributed by atoms with Crippen LogP contribution in [0.3, 0.4) is 0 Å². The normalized spacial score (nSPS) is 12.3. The Morgan fingerprint density at radius 1 is 1.16 bits per heavy atom. The minimum absolute atomic E-state index is 0. The SMILES string of the molecule is C/C=C\C(=C/C)C[C@@H](CCNC(=O)c1cccc(C)n1)N(C)C(=O)c1nn(C)c2ccc(C)cc12.CC.[HH]. The van der Waals surface area contributed by atoms with Crippen molar-refractivity contribution < 1.29 is 11.0 Å². The van der Waals surface area contributed by atoms with Crippen LogP contribution in [0, 0.1) is 13.8 Å². The molecule has 7 nitrogen and oxygen atoms in total. The largest absolute Gasteiger partial charge is 0.351 e. The molecule has 3 rings (SSSR count). The molecule has 2 heterocycles. The van der Waals surface area contributed by atoms with Gasteiger partial charge in [-0.05, 0) is 64.8 Å². The van der Waals surface area contributed by atoms with Crippen LogP contribution in [0.25, 0.3) is 10.9 Å². The summed E-state index contributed by atoms with van der Waals surface area (Å²) in [6.45, 7) is 12.3. The Hall–Kier alpha value is -3.74. The van der Waals surface area contributed by atoms with Crippen LogP contribution >= 0.6 is 0 Å². The first-order chi connectivity index (χ1) is 17.7. The average molecular weight is 506 g/mol. The molecular formula is C30H43N5O2. The molecule has 0 aliphatic rings. The third-order valence-electron chi connectivity index (χ3n) is 6.18. The highest BCUT2D eigenvalue weighted by Gasteiger charge is 2.26. The van der Waals surface area contributed by atoms with Gasteiger partial charge in [0.1, 0.15) is 5.69 Å². The lowest BCUT2D eigenvalue weighted by atomic mass is 10.0. The molecule has 37 heavy (non-hydrogen) atoms. The van der Waals surface area contributed by atoms with Gasteiger partial charge < -0.3 is 10.2 Å². The molecule has 7 heteroatoms. The van der Waals surface area contributed by atoms with Crippen LogP contribution in [0.1, 0.15) is 74.2 Å². The molecule has 0 unspecified atom stereocenters. The van der Waals surface area contributed by atoms with Gasteiger partial charge in [0.15, 0.2) is 5.69 Å². The molecule has 0 aliphatic heterocycles. The smallest absolute Gasteiger partial charge is 0.275 e. The number of carbonyl (C=O) groups excluding carboxylic acids is 2. The van der Waals surface area contributed by atoms with Gasteiger partial charge in [0.2, 0.25) is 0 Å². The van der Waals surface area contributed by atoms with Crippen LogP contribution in [-0.2, 0) is 7.05 Å². The van der Waals surface area contributed by atoms with Crippen LogP contribution in [0.15, 0.2) is 60.2 Å². The summed E-state index contributed by atoms with van der Waals surface area (Å²) < 4.78 is 1.75. The monoisotopic (exact) mass is 505 g/mol. The van der Waals surface area contributed by atoms with Crippen LogP contribution in [0.4, 0.5) is 0 Å². The second-order valence-electron chi connectivity index (χ2n) is 8.84. The fraction of sp³-hybridized carbons (Fsp3) is 0.400. The number of pyridine rings is 1. The third-order valence-corrected chi connectivity index (χ3v) is 6.18. The molecule has 2 aromatic heterocycles. The molecule has 0 radical (unpaired) electrons. The first-order valence-corrected chi connectivity index (χ1v) is 12.9. The molecular weight excluding hydrogens is 462 g/mol. The van der Waals surface area contributed by atoms with E-state index in [0.717, 1.165) is 27.7 Å². The minimum atomic E-state index is -0.215. The van der Waals surface area contributed by atoms with Crippen molar-refractivity contribution >= 4 is 22.7 Å². The second kappa shape index (κ2) is 14.1. The number of carbonyl (C=O) groups is 2. The van der Waals surface area contributed by atoms with E-state index in [2.05, 4.69) is 27.6 Å². The van der Waals surface area contributed by atoms with E-state index in [1.807, 2.05) is 92.0 Å². The van der Waals surface area contributed by atoms with E-state index in [1.165, 1.54) is 0 Å². The zero-order valence-electron chi connectivity index (χ0n) is 23.5. The summed E-state index contributed by atoms with van der Waals surface area (Å²) in [6, 6.07) is 11.3. The van der Waals surface area contributed by atoms with Crippen molar-refractivity contribution in [2.45, 2.75) is 60.4 Å². The molecule has 1 atom stereocenters. The van der Waals surface area contributed by atoms with E-state index in [4.69, 9.17) is 0 Å². The van der Waals surface area contributed by atoms with Gasteiger partial charge >= 0.3 is 0 Å². The molecule has 0 saturated heterocycles. The summed E-state index contributed by atoms with van der Waals surface area (Å²) in [7, 11) is 3.67. The summed E-state index contributed by atoms with van der Waals surface area (Å²) in [5, 5.41) is 8.35. The lowest BCUT2D eigenvalue weighted by Gasteiger charge is -2.28. The lowest BCUT2D eigenvalue weighted by molar-refractivity contribution is 0.0718. The highest BCUT2D eigenvalue weighted by atomic mass is 16.2. The fourth-order valence-electron chi connectivity index (χ4n) is 4.18. The molecule has 0 fully saturated rings. The molecule has 1 N–H and O–H groups in total. The Labute approximate surface area is 222 Å². The van der Waals surface area contributed by atoms with Crippen molar-refractivity contribution in [2.75, 3.05) is 13.6 Å². The number of benzene rings is 1. The number of nitrogens with one attached hydrogen (secondary N) is 1. The number of allylic oxidation sites excluding steroid dienone is 3. The molecule has 200 valence electrons. The first-order valence-electron chi connectivity index (χ1n) is 12.9. The van der Waals surface area contributed by atoms with Crippen LogP contribution < -0.4 is 5.32 Å². The average Bonchev–Trinajstić information content (AvgIpc) is 3.22. The Morgan fingerprint density at radius 2 is 1.89 bits per heavy atom. The molecule has 3 aromatic rings. The minimum Gasteiger partial charge on any atom is -0.351 e. The summed E-state index contributed by atoms with van der Waals surface area (Å²) in [6.07, 6.45) is 7.37. The van der Waals surface area contributed by atoms with E-state index in [0.29, 0.717) is 30.8 Å². The number of fused-ring (bicyclic) bond motifs is 1. The number of hydrogen-bond acceptors (Lipinski definition) is 4. The van der Waals surface area contributed by atoms with Crippen LogP contribution in [-0.4, -0.2) is 51.1 Å². The molecule has 1 aromatic carbocycles. The van der Waals surface area contributed by atoms with Gasteiger partial charge in [0, 0.05) is 39.2 Å². The topological polar surface area (TPSA) is 80.1 Å². The zero-order chi connectivity index (χ0) is 27.5. The van der Waals surface area contributed by atoms with Crippen LogP contribution in [0.2, 0.25) is 0 Å². The summed E-state index contributed by atoms with van der Waals surface area (Å²) >= 11 is 0. The number of nitrogens with zero attached hydrogens (tertiary/aromatic N) is 4. The number of aryl methyl sites for hydroxylation is 3. The van der Waals surface area contributed by atoms with Crippen molar-refractivity contribution in [3.05, 3.63) is 82.8 Å². The predicted octanol–water partition coefficient (Wildman–Crippen LogP) is 6.03. The summed E-state index contributed by atoms with van der Waals surface area (Å²) in [4.78, 5) is 32.3. The maximum absolute atomic E-state index is 13.6. The van der Waals surface area contributed by atoms with E-state index in [-0.39, 0.29) is 19.3 Å². The standard InChI is InChI=1S/C28H35N5O2.C2H6.H2/c1-7-10-21(8-2)18-22(15-16-29-27(34)24-12-9-11-20(4)30-24)32(5)28(35)26-23-17-19(3)13-14-25(23)33(6)31-26;1-2;/h7-14,17,22H,15-16,18H2,1-6H3,(H,29,34);1-2H3;1H/b10-7-,21-8+;;/t22-;;/m1../s1. The quantitative estimate of drug-likeness (QED) is 0.360. The summed E-state index contributed by atoms with van der Waals surface area (Å²) in [5.41, 5.74) is 4.76. The summed E-state index contributed by atoms with van der Waals surface area (Å²) in [5.74, 6) is -0.346. The lowest BCUT2D eigenvalue weighted by Crippen LogP contribution is -2.40. The predicted molar refractivity (Wildman–Crippen MR) is 154 cm³/mol. The molecule has 0 spiro atoms. The van der Waals surface area contributed by atoms with E-state index >= 15 is 0 Å². The highest BCUT2D eigenvalue weighted by molar-refractivity contribution is 6.05. The molecule has 2 amide bonds. The fourth-order valence-corrected chi connectivity index (χ4v) is 4.18. The molecule has 0 saturated carbocycles. The van der Waals surface area contributed by atoms with Gasteiger partial charge in [0.25, 0.3) is 11.8 Å². The van der Waals surface area contributed by atoms with Crippen molar-refractivity contribution in [3.8, 4) is 0 Å². The Kier molecular flexibility index (Phi) is 11.2. The van der Waals surface area contributed by atoms with Crippen molar-refractivity contribution in [2.24, 2.45) is 7.05 Å². The van der Waals surface area contributed by atoms with Gasteiger partial charge in [-0.3, -0.25) is 14.3 Å².